The number of carbonyl (C=O) groups is 2. The third-order valence-corrected chi connectivity index (χ3v) is 7.90. The van der Waals surface area contributed by atoms with E-state index in [-0.39, 0.29) is 22.8 Å². The van der Waals surface area contributed by atoms with Gasteiger partial charge in [-0.15, -0.1) is 0 Å². The van der Waals surface area contributed by atoms with E-state index < -0.39 is 0 Å². The fraction of sp³-hybridized carbons (Fsp3) is 0.462. The molecule has 0 radical (unpaired) electrons. The summed E-state index contributed by atoms with van der Waals surface area (Å²) in [6.07, 6.45) is 7.43. The van der Waals surface area contributed by atoms with E-state index in [1.54, 1.807) is 0 Å². The van der Waals surface area contributed by atoms with Gasteiger partial charge in [0.2, 0.25) is 0 Å². The number of ether oxygens (including phenoxy) is 2. The Labute approximate surface area is 177 Å². The van der Waals surface area contributed by atoms with Crippen molar-refractivity contribution in [2.45, 2.75) is 49.4 Å². The predicted molar refractivity (Wildman–Crippen MR) is 114 cm³/mol. The van der Waals surface area contributed by atoms with Gasteiger partial charge in [-0.1, -0.05) is 24.3 Å². The van der Waals surface area contributed by atoms with Crippen molar-refractivity contribution in [2.75, 3.05) is 14.2 Å². The summed E-state index contributed by atoms with van der Waals surface area (Å²) in [5.74, 6) is 0.919. The Hall–Kier alpha value is -2.62. The van der Waals surface area contributed by atoms with Crippen LogP contribution in [0.2, 0.25) is 0 Å². The van der Waals surface area contributed by atoms with Crippen molar-refractivity contribution in [2.24, 2.45) is 11.8 Å². The molecule has 30 heavy (non-hydrogen) atoms. The predicted octanol–water partition coefficient (Wildman–Crippen LogP) is 5.05. The lowest BCUT2D eigenvalue weighted by Gasteiger charge is -2.63. The van der Waals surface area contributed by atoms with Crippen molar-refractivity contribution < 1.29 is 19.1 Å². The first-order valence-corrected chi connectivity index (χ1v) is 10.8. The van der Waals surface area contributed by atoms with E-state index in [0.717, 1.165) is 18.3 Å². The summed E-state index contributed by atoms with van der Waals surface area (Å²) in [5, 5.41) is 0. The van der Waals surface area contributed by atoms with Crippen molar-refractivity contribution in [3.8, 4) is 0 Å². The van der Waals surface area contributed by atoms with Crippen LogP contribution in [-0.2, 0) is 20.3 Å². The number of hydrogen-bond donors (Lipinski definition) is 0. The molecule has 156 valence electrons. The van der Waals surface area contributed by atoms with Crippen LogP contribution in [0.4, 0.5) is 0 Å². The minimum absolute atomic E-state index is 0.180. The van der Waals surface area contributed by atoms with Crippen LogP contribution in [0.3, 0.4) is 0 Å². The average Bonchev–Trinajstić information content (AvgIpc) is 2.77. The van der Waals surface area contributed by atoms with Crippen molar-refractivity contribution in [1.82, 2.24) is 0 Å². The van der Waals surface area contributed by atoms with E-state index in [2.05, 4.69) is 24.3 Å². The Balaban J connectivity index is 1.49. The smallest absolute Gasteiger partial charge is 0.337 e. The molecule has 0 unspecified atom stereocenters. The molecule has 4 aliphatic carbocycles. The highest BCUT2D eigenvalue weighted by molar-refractivity contribution is 5.89. The maximum absolute atomic E-state index is 11.9. The SMILES string of the molecule is COC(=O)c1ccc(C23CC4CC(C2)CC(c2ccc(C(=O)OC)cc2)(C4)C3)cc1. The molecular weight excluding hydrogens is 376 g/mol. The lowest BCUT2D eigenvalue weighted by atomic mass is 9.41. The van der Waals surface area contributed by atoms with Crippen LogP contribution in [0.1, 0.15) is 70.4 Å². The number of esters is 2. The third-order valence-electron chi connectivity index (χ3n) is 7.90. The second-order valence-electron chi connectivity index (χ2n) is 9.66. The van der Waals surface area contributed by atoms with Crippen LogP contribution in [0.5, 0.6) is 0 Å². The van der Waals surface area contributed by atoms with Gasteiger partial charge >= 0.3 is 11.9 Å². The normalized spacial score (nSPS) is 31.4. The highest BCUT2D eigenvalue weighted by atomic mass is 16.5. The molecule has 2 aromatic rings. The van der Waals surface area contributed by atoms with E-state index in [1.807, 2.05) is 24.3 Å². The molecule has 4 nitrogen and oxygen atoms in total. The summed E-state index contributed by atoms with van der Waals surface area (Å²) in [6, 6.07) is 16.2. The van der Waals surface area contributed by atoms with Gasteiger partial charge in [0.1, 0.15) is 0 Å². The Bertz CT molecular complexity index is 882. The van der Waals surface area contributed by atoms with Gasteiger partial charge in [-0.3, -0.25) is 0 Å². The van der Waals surface area contributed by atoms with Crippen molar-refractivity contribution in [1.29, 1.82) is 0 Å². The summed E-state index contributed by atoms with van der Waals surface area (Å²) < 4.78 is 9.72. The molecular formula is C26H28O4. The van der Waals surface area contributed by atoms with Crippen molar-refractivity contribution in [3.63, 3.8) is 0 Å². The zero-order valence-electron chi connectivity index (χ0n) is 17.6. The number of carbonyl (C=O) groups excluding carboxylic acids is 2. The van der Waals surface area contributed by atoms with Crippen molar-refractivity contribution in [3.05, 3.63) is 70.8 Å². The van der Waals surface area contributed by atoms with E-state index in [1.165, 1.54) is 57.5 Å². The Kier molecular flexibility index (Phi) is 4.49. The van der Waals surface area contributed by atoms with Gasteiger partial charge in [0, 0.05) is 0 Å². The fourth-order valence-electron chi connectivity index (χ4n) is 7.09. The van der Waals surface area contributed by atoms with Crippen LogP contribution >= 0.6 is 0 Å². The maximum atomic E-state index is 11.9. The molecule has 4 saturated carbocycles. The Morgan fingerprint density at radius 2 is 1.07 bits per heavy atom. The number of rotatable bonds is 4. The van der Waals surface area contributed by atoms with Crippen LogP contribution in [0, 0.1) is 11.8 Å². The molecule has 4 fully saturated rings. The molecule has 0 N–H and O–H groups in total. The van der Waals surface area contributed by atoms with Gasteiger partial charge in [0.25, 0.3) is 0 Å². The molecule has 0 amide bonds. The molecule has 4 bridgehead atoms. The molecule has 4 heteroatoms. The lowest BCUT2D eigenvalue weighted by Crippen LogP contribution is -2.55. The van der Waals surface area contributed by atoms with Crippen LogP contribution < -0.4 is 0 Å². The second-order valence-corrected chi connectivity index (χ2v) is 9.66. The zero-order valence-corrected chi connectivity index (χ0v) is 17.6. The highest BCUT2D eigenvalue weighted by Crippen LogP contribution is 2.66. The molecule has 6 rings (SSSR count). The molecule has 0 spiro atoms. The standard InChI is InChI=1S/C26H28O4/c1-29-23(27)19-3-7-21(8-4-19)25-12-17-11-18(13-25)15-26(14-17,16-25)22-9-5-20(6-10-22)24(28)30-2/h3-10,17-18H,11-16H2,1-2H3. The van der Waals surface area contributed by atoms with E-state index in [9.17, 15) is 9.59 Å². The van der Waals surface area contributed by atoms with Gasteiger partial charge in [-0.25, -0.2) is 9.59 Å². The first kappa shape index (κ1) is 19.3. The summed E-state index contributed by atoms with van der Waals surface area (Å²) in [4.78, 5) is 23.7. The minimum atomic E-state index is -0.283. The second kappa shape index (κ2) is 6.97. The molecule has 4 aliphatic rings. The van der Waals surface area contributed by atoms with E-state index >= 15 is 0 Å². The minimum Gasteiger partial charge on any atom is -0.465 e. The zero-order chi connectivity index (χ0) is 20.9. The highest BCUT2D eigenvalue weighted by Gasteiger charge is 2.58. The first-order valence-electron chi connectivity index (χ1n) is 10.8. The van der Waals surface area contributed by atoms with Crippen LogP contribution in [-0.4, -0.2) is 26.2 Å². The number of hydrogen-bond acceptors (Lipinski definition) is 4. The van der Waals surface area contributed by atoms with Gasteiger partial charge in [0.15, 0.2) is 0 Å². The monoisotopic (exact) mass is 404 g/mol. The summed E-state index contributed by atoms with van der Waals surface area (Å²) in [6.45, 7) is 0. The largest absolute Gasteiger partial charge is 0.465 e. The topological polar surface area (TPSA) is 52.6 Å². The van der Waals surface area contributed by atoms with Gasteiger partial charge < -0.3 is 9.47 Å². The summed E-state index contributed by atoms with van der Waals surface area (Å²) in [7, 11) is 2.84. The van der Waals surface area contributed by atoms with Crippen LogP contribution in [0.25, 0.3) is 0 Å². The van der Waals surface area contributed by atoms with Gasteiger partial charge in [-0.2, -0.15) is 0 Å². The average molecular weight is 405 g/mol. The lowest BCUT2D eigenvalue weighted by molar-refractivity contribution is -0.0281. The van der Waals surface area contributed by atoms with Gasteiger partial charge in [-0.05, 0) is 96.6 Å². The van der Waals surface area contributed by atoms with Crippen molar-refractivity contribution >= 4 is 11.9 Å². The van der Waals surface area contributed by atoms with E-state index in [0.29, 0.717) is 11.1 Å². The van der Waals surface area contributed by atoms with E-state index in [4.69, 9.17) is 9.47 Å². The van der Waals surface area contributed by atoms with Gasteiger partial charge in [0.05, 0.1) is 25.3 Å². The molecule has 0 aromatic heterocycles. The van der Waals surface area contributed by atoms with Crippen LogP contribution in [0.15, 0.2) is 48.5 Å². The molecule has 0 atom stereocenters. The Morgan fingerprint density at radius 1 is 0.700 bits per heavy atom. The summed E-state index contributed by atoms with van der Waals surface area (Å²) >= 11 is 0. The quantitative estimate of drug-likeness (QED) is 0.669. The molecule has 2 aromatic carbocycles. The molecule has 0 aliphatic heterocycles. The third kappa shape index (κ3) is 2.96. The first-order chi connectivity index (χ1) is 14.5. The maximum Gasteiger partial charge on any atom is 0.337 e. The molecule has 0 heterocycles. The molecule has 0 saturated heterocycles. The Morgan fingerprint density at radius 3 is 1.40 bits per heavy atom. The fourth-order valence-corrected chi connectivity index (χ4v) is 7.09. The summed E-state index contributed by atoms with van der Waals surface area (Å²) in [5.41, 5.74) is 4.30. The number of methoxy groups -OCH3 is 2. The number of benzene rings is 2.